The number of phenolic OH excluding ortho intramolecular Hbond substituents is 4. The van der Waals surface area contributed by atoms with Crippen molar-refractivity contribution in [3.8, 4) is 23.0 Å². The number of hydrogen-bond donors (Lipinski definition) is 8. The summed E-state index contributed by atoms with van der Waals surface area (Å²) in [6.07, 6.45) is 4.02. The first-order chi connectivity index (χ1) is 27.3. The first-order valence-corrected chi connectivity index (χ1v) is 18.5. The van der Waals surface area contributed by atoms with Gasteiger partial charge < -0.3 is 51.5 Å². The highest BCUT2D eigenvalue weighted by Gasteiger charge is 2.31. The molecule has 0 atom stereocenters. The van der Waals surface area contributed by atoms with Crippen LogP contribution in [0.4, 0.5) is 58.4 Å². The number of piperidine rings is 2. The van der Waals surface area contributed by atoms with Crippen LogP contribution in [0.2, 0.25) is 0 Å². The van der Waals surface area contributed by atoms with Crippen molar-refractivity contribution in [2.45, 2.75) is 25.7 Å². The third-order valence-electron chi connectivity index (χ3n) is 10.1. The van der Waals surface area contributed by atoms with Gasteiger partial charge in [0.1, 0.15) is 23.0 Å². The average molecular weight is 755 g/mol. The minimum atomic E-state index is 0.169. The van der Waals surface area contributed by atoms with Crippen LogP contribution in [0.25, 0.3) is 0 Å². The Balaban J connectivity index is 0.927. The molecule has 0 radical (unpaired) electrons. The zero-order valence-corrected chi connectivity index (χ0v) is 30.4. The molecule has 2 aliphatic heterocycles. The van der Waals surface area contributed by atoms with Gasteiger partial charge in [0, 0.05) is 48.9 Å². The van der Waals surface area contributed by atoms with Gasteiger partial charge in [-0.05, 0) is 135 Å². The lowest BCUT2D eigenvalue weighted by Gasteiger charge is -2.40. The molecule has 8 rings (SSSR count). The fraction of sp³-hybridized carbons (Fsp3) is 0.250. The predicted octanol–water partition coefficient (Wildman–Crippen LogP) is 6.99. The van der Waals surface area contributed by atoms with E-state index >= 15 is 0 Å². The van der Waals surface area contributed by atoms with Crippen LogP contribution in [-0.2, 0) is 0 Å². The van der Waals surface area contributed by atoms with Crippen molar-refractivity contribution in [1.82, 2.24) is 29.9 Å². The lowest BCUT2D eigenvalue weighted by molar-refractivity contribution is 0.231. The van der Waals surface area contributed by atoms with E-state index in [2.05, 4.69) is 41.0 Å². The third kappa shape index (κ3) is 8.98. The number of aromatic nitrogens is 6. The summed E-state index contributed by atoms with van der Waals surface area (Å²) in [5.74, 6) is 4.41. The van der Waals surface area contributed by atoms with E-state index in [1.165, 1.54) is 0 Å². The molecule has 4 heterocycles. The molecule has 0 spiro atoms. The van der Waals surface area contributed by atoms with Crippen LogP contribution in [-0.4, -0.2) is 76.5 Å². The van der Waals surface area contributed by atoms with Crippen molar-refractivity contribution in [2.24, 2.45) is 11.8 Å². The van der Waals surface area contributed by atoms with Crippen molar-refractivity contribution in [2.75, 3.05) is 57.2 Å². The monoisotopic (exact) mass is 754 g/mol. The van der Waals surface area contributed by atoms with Gasteiger partial charge in [-0.3, -0.25) is 0 Å². The molecule has 2 aliphatic rings. The maximum atomic E-state index is 9.74. The number of rotatable bonds is 11. The predicted molar refractivity (Wildman–Crippen MR) is 215 cm³/mol. The molecule has 0 bridgehead atoms. The average Bonchev–Trinajstić information content (AvgIpc) is 3.21. The molecule has 4 aromatic carbocycles. The molecule has 2 fully saturated rings. The number of anilines is 10. The van der Waals surface area contributed by atoms with Crippen LogP contribution < -0.4 is 31.1 Å². The van der Waals surface area contributed by atoms with Gasteiger partial charge in [0.2, 0.25) is 35.7 Å². The van der Waals surface area contributed by atoms with Crippen molar-refractivity contribution in [3.05, 3.63) is 97.1 Å². The molecule has 8 N–H and O–H groups in total. The molecule has 6 aromatic rings. The van der Waals surface area contributed by atoms with Crippen LogP contribution >= 0.6 is 0 Å². The molecule has 56 heavy (non-hydrogen) atoms. The maximum absolute atomic E-state index is 9.74. The minimum Gasteiger partial charge on any atom is -0.508 e. The zero-order chi connectivity index (χ0) is 38.4. The lowest BCUT2D eigenvalue weighted by atomic mass is 9.79. The largest absolute Gasteiger partial charge is 0.508 e. The lowest BCUT2D eigenvalue weighted by Crippen LogP contribution is -2.42. The van der Waals surface area contributed by atoms with E-state index in [4.69, 9.17) is 19.9 Å². The molecule has 0 saturated carbocycles. The SMILES string of the molecule is Oc1ccc(Nc2nc(Nc3ccc(O)cc3)nc(N3CCC(C4CCN(c5nc(Nc6ccc(O)cc6)nc(Nc6ccc(O)cc6)n5)CC4)CC3)n2)cc1. The van der Waals surface area contributed by atoms with Crippen LogP contribution in [0, 0.1) is 11.8 Å². The van der Waals surface area contributed by atoms with Gasteiger partial charge in [-0.25, -0.2) is 0 Å². The number of phenols is 4. The quantitative estimate of drug-likeness (QED) is 0.0626. The van der Waals surface area contributed by atoms with Crippen molar-refractivity contribution >= 4 is 58.4 Å². The summed E-state index contributed by atoms with van der Waals surface area (Å²) in [5.41, 5.74) is 2.92. The molecule has 0 amide bonds. The van der Waals surface area contributed by atoms with Crippen molar-refractivity contribution in [1.29, 1.82) is 0 Å². The van der Waals surface area contributed by atoms with E-state index in [1.54, 1.807) is 97.1 Å². The molecular formula is C40H42N12O4. The Bertz CT molecular complexity index is 1940. The Morgan fingerprint density at radius 1 is 0.357 bits per heavy atom. The smallest absolute Gasteiger partial charge is 0.233 e. The second kappa shape index (κ2) is 16.1. The van der Waals surface area contributed by atoms with Gasteiger partial charge in [0.05, 0.1) is 0 Å². The minimum absolute atomic E-state index is 0.169. The van der Waals surface area contributed by atoms with E-state index in [9.17, 15) is 20.4 Å². The number of nitrogens with zero attached hydrogens (tertiary/aromatic N) is 8. The Morgan fingerprint density at radius 2 is 0.589 bits per heavy atom. The Labute approximate surface area is 323 Å². The van der Waals surface area contributed by atoms with E-state index in [0.717, 1.165) is 74.6 Å². The van der Waals surface area contributed by atoms with Gasteiger partial charge >= 0.3 is 0 Å². The fourth-order valence-corrected chi connectivity index (χ4v) is 7.07. The molecule has 16 heteroatoms. The summed E-state index contributed by atoms with van der Waals surface area (Å²) in [4.78, 5) is 32.7. The highest BCUT2D eigenvalue weighted by atomic mass is 16.3. The van der Waals surface area contributed by atoms with E-state index in [1.807, 2.05) is 0 Å². The standard InChI is InChI=1S/C40H42N12O4/c53-31-9-1-27(2-10-31)41-35-45-36(42-28-3-11-32(54)12-4-28)48-39(47-35)51-21-17-25(18-22-51)26-19-23-52(24-20-26)40-49-37(43-29-5-13-33(55)14-6-29)46-38(50-40)44-30-7-15-34(56)16-8-30/h1-16,25-26,53-56H,17-24H2,(H2,41,42,45,47,48)(H2,43,44,46,49,50). The summed E-state index contributed by atoms with van der Waals surface area (Å²) in [5, 5.41) is 51.9. The zero-order valence-electron chi connectivity index (χ0n) is 30.4. The second-order valence-electron chi connectivity index (χ2n) is 13.9. The Hall–Kier alpha value is -7.10. The van der Waals surface area contributed by atoms with Gasteiger partial charge in [0.25, 0.3) is 0 Å². The van der Waals surface area contributed by atoms with Gasteiger partial charge in [-0.15, -0.1) is 0 Å². The van der Waals surface area contributed by atoms with E-state index in [0.29, 0.717) is 47.5 Å². The van der Waals surface area contributed by atoms with Crippen molar-refractivity contribution < 1.29 is 20.4 Å². The summed E-state index contributed by atoms with van der Waals surface area (Å²) in [6, 6.07) is 26.8. The highest BCUT2D eigenvalue weighted by molar-refractivity contribution is 5.62. The summed E-state index contributed by atoms with van der Waals surface area (Å²) in [6.45, 7) is 3.22. The Kier molecular flexibility index (Phi) is 10.3. The molecule has 2 aromatic heterocycles. The Morgan fingerprint density at radius 3 is 0.821 bits per heavy atom. The number of aromatic hydroxyl groups is 4. The number of nitrogens with one attached hydrogen (secondary N) is 4. The van der Waals surface area contributed by atoms with Gasteiger partial charge in [-0.2, -0.15) is 29.9 Å². The van der Waals surface area contributed by atoms with Crippen LogP contribution in [0.15, 0.2) is 97.1 Å². The second-order valence-corrected chi connectivity index (χ2v) is 13.9. The van der Waals surface area contributed by atoms with Gasteiger partial charge in [0.15, 0.2) is 0 Å². The summed E-state index contributed by atoms with van der Waals surface area (Å²) < 4.78 is 0. The molecular weight excluding hydrogens is 713 g/mol. The van der Waals surface area contributed by atoms with Gasteiger partial charge in [-0.1, -0.05) is 0 Å². The molecule has 2 saturated heterocycles. The molecule has 286 valence electrons. The van der Waals surface area contributed by atoms with E-state index in [-0.39, 0.29) is 23.0 Å². The summed E-state index contributed by atoms with van der Waals surface area (Å²) >= 11 is 0. The molecule has 0 aliphatic carbocycles. The van der Waals surface area contributed by atoms with Crippen LogP contribution in [0.3, 0.4) is 0 Å². The summed E-state index contributed by atoms with van der Waals surface area (Å²) in [7, 11) is 0. The highest BCUT2D eigenvalue weighted by Crippen LogP contribution is 2.35. The van der Waals surface area contributed by atoms with E-state index < -0.39 is 0 Å². The molecule has 0 unspecified atom stereocenters. The molecule has 16 nitrogen and oxygen atoms in total. The normalized spacial score (nSPS) is 15.0. The first kappa shape index (κ1) is 35.9. The van der Waals surface area contributed by atoms with Crippen LogP contribution in [0.5, 0.6) is 23.0 Å². The number of hydrogen-bond acceptors (Lipinski definition) is 16. The topological polar surface area (TPSA) is 213 Å². The maximum Gasteiger partial charge on any atom is 0.233 e. The van der Waals surface area contributed by atoms with Crippen molar-refractivity contribution in [3.63, 3.8) is 0 Å². The number of benzene rings is 4. The fourth-order valence-electron chi connectivity index (χ4n) is 7.07. The third-order valence-corrected chi connectivity index (χ3v) is 10.1. The van der Waals surface area contributed by atoms with Crippen LogP contribution in [0.1, 0.15) is 25.7 Å². The first-order valence-electron chi connectivity index (χ1n) is 18.5.